The number of carbonyl (C=O) groups excluding carboxylic acids is 1. The van der Waals surface area contributed by atoms with E-state index in [0.29, 0.717) is 5.69 Å². The zero-order valence-corrected chi connectivity index (χ0v) is 22.6. The highest BCUT2D eigenvalue weighted by Gasteiger charge is 2.26. The number of nitrogens with one attached hydrogen (secondary N) is 1. The second-order valence-electron chi connectivity index (χ2n) is 10.7. The van der Waals surface area contributed by atoms with Crippen LogP contribution >= 0.6 is 0 Å². The summed E-state index contributed by atoms with van der Waals surface area (Å²) in [5.41, 5.74) is 4.26. The third-order valence-corrected chi connectivity index (χ3v) is 8.05. The molecule has 0 bridgehead atoms. The highest BCUT2D eigenvalue weighted by molar-refractivity contribution is 5.92. The van der Waals surface area contributed by atoms with Crippen LogP contribution in [0.4, 0.5) is 11.4 Å². The van der Waals surface area contributed by atoms with Gasteiger partial charge in [-0.05, 0) is 50.9 Å². The van der Waals surface area contributed by atoms with Gasteiger partial charge in [-0.3, -0.25) is 9.78 Å². The number of likely N-dealkylation sites (N-methyl/N-ethyl adjacent to an activating group) is 1. The average molecular weight is 532 g/mol. The van der Waals surface area contributed by atoms with Crippen LogP contribution in [-0.4, -0.2) is 97.4 Å². The molecule has 1 saturated carbocycles. The van der Waals surface area contributed by atoms with Crippen molar-refractivity contribution in [1.29, 1.82) is 0 Å². The van der Waals surface area contributed by atoms with Crippen molar-refractivity contribution in [1.82, 2.24) is 25.2 Å². The van der Waals surface area contributed by atoms with Crippen LogP contribution in [0.25, 0.3) is 11.0 Å². The Morgan fingerprint density at radius 3 is 2.38 bits per heavy atom. The molecule has 3 aliphatic rings. The first-order valence-electron chi connectivity index (χ1n) is 14.1. The SMILES string of the molecule is CN1CCN(c2ccc(C(=O)N[C@H]3CC[C@@H](Oc4cc(N5CCOCC5)cc5nccnc45)CC3)nc2)CC1. The van der Waals surface area contributed by atoms with E-state index in [-0.39, 0.29) is 18.1 Å². The van der Waals surface area contributed by atoms with Gasteiger partial charge in [0.05, 0.1) is 36.7 Å². The zero-order valence-electron chi connectivity index (χ0n) is 22.6. The maximum Gasteiger partial charge on any atom is 0.270 e. The largest absolute Gasteiger partial charge is 0.488 e. The number of piperazine rings is 1. The minimum atomic E-state index is -0.108. The maximum absolute atomic E-state index is 12.9. The summed E-state index contributed by atoms with van der Waals surface area (Å²) < 4.78 is 12.0. The van der Waals surface area contributed by atoms with Crippen LogP contribution in [0.5, 0.6) is 5.75 Å². The number of pyridine rings is 1. The molecular weight excluding hydrogens is 494 g/mol. The van der Waals surface area contributed by atoms with Crippen LogP contribution in [0, 0.1) is 0 Å². The second-order valence-corrected chi connectivity index (χ2v) is 10.7. The van der Waals surface area contributed by atoms with Gasteiger partial charge in [-0.25, -0.2) is 9.97 Å². The number of morpholine rings is 1. The molecule has 1 amide bonds. The number of ether oxygens (including phenoxy) is 2. The third kappa shape index (κ3) is 6.07. The lowest BCUT2D eigenvalue weighted by atomic mass is 9.92. The number of carbonyl (C=O) groups is 1. The Bertz CT molecular complexity index is 1270. The normalized spacial score (nSPS) is 22.6. The summed E-state index contributed by atoms with van der Waals surface area (Å²) in [5.74, 6) is 0.669. The lowest BCUT2D eigenvalue weighted by Gasteiger charge is -2.33. The van der Waals surface area contributed by atoms with Crippen molar-refractivity contribution in [2.45, 2.75) is 37.8 Å². The van der Waals surface area contributed by atoms with Gasteiger partial charge in [0.15, 0.2) is 0 Å². The van der Waals surface area contributed by atoms with Gasteiger partial charge in [0.2, 0.25) is 0 Å². The van der Waals surface area contributed by atoms with Crippen molar-refractivity contribution >= 4 is 28.3 Å². The van der Waals surface area contributed by atoms with Crippen LogP contribution in [0.1, 0.15) is 36.2 Å². The first kappa shape index (κ1) is 25.8. The Morgan fingerprint density at radius 1 is 0.897 bits per heavy atom. The minimum absolute atomic E-state index is 0.0734. The number of anilines is 2. The van der Waals surface area contributed by atoms with Crippen LogP contribution in [-0.2, 0) is 4.74 Å². The predicted octanol–water partition coefficient (Wildman–Crippen LogP) is 2.73. The fourth-order valence-corrected chi connectivity index (χ4v) is 5.66. The van der Waals surface area contributed by atoms with Gasteiger partial charge in [0.25, 0.3) is 5.91 Å². The number of fused-ring (bicyclic) bond motifs is 1. The standard InChI is InChI=1S/C29H37N7O3/c1-34-10-12-35(13-11-34)22-4-7-25(32-20-22)29(37)33-21-2-5-24(6-3-21)39-27-19-23(36-14-16-38-17-15-36)18-26-28(27)31-9-8-30-26/h4,7-9,18-21,24H,2-3,5-6,10-17H2,1H3,(H,33,37)/t21-,24+. The minimum Gasteiger partial charge on any atom is -0.488 e. The number of benzene rings is 1. The monoisotopic (exact) mass is 531 g/mol. The summed E-state index contributed by atoms with van der Waals surface area (Å²) in [6.07, 6.45) is 8.78. The Kier molecular flexibility index (Phi) is 7.74. The lowest BCUT2D eigenvalue weighted by Crippen LogP contribution is -2.44. The van der Waals surface area contributed by atoms with Gasteiger partial charge in [-0.2, -0.15) is 0 Å². The second kappa shape index (κ2) is 11.7. The number of aromatic nitrogens is 3. The summed E-state index contributed by atoms with van der Waals surface area (Å²) in [5, 5.41) is 3.19. The molecule has 3 aromatic rings. The number of rotatable bonds is 6. The van der Waals surface area contributed by atoms with Crippen LogP contribution in [0.3, 0.4) is 0 Å². The number of nitrogens with zero attached hydrogens (tertiary/aromatic N) is 6. The Morgan fingerprint density at radius 2 is 1.64 bits per heavy atom. The average Bonchev–Trinajstić information content (AvgIpc) is 2.99. The fourth-order valence-electron chi connectivity index (χ4n) is 5.66. The summed E-state index contributed by atoms with van der Waals surface area (Å²) in [7, 11) is 2.14. The van der Waals surface area contributed by atoms with Crippen LogP contribution in [0.15, 0.2) is 42.9 Å². The van der Waals surface area contributed by atoms with Crippen molar-refractivity contribution in [3.63, 3.8) is 0 Å². The van der Waals surface area contributed by atoms with Gasteiger partial charge in [0, 0.05) is 69.5 Å². The van der Waals surface area contributed by atoms with Crippen molar-refractivity contribution in [2.75, 3.05) is 69.3 Å². The molecule has 3 fully saturated rings. The topological polar surface area (TPSA) is 96.0 Å². The highest BCUT2D eigenvalue weighted by atomic mass is 16.5. The fraction of sp³-hybridized carbons (Fsp3) is 0.517. The van der Waals surface area contributed by atoms with E-state index in [9.17, 15) is 4.79 Å². The van der Waals surface area contributed by atoms with Gasteiger partial charge in [-0.1, -0.05) is 0 Å². The number of amides is 1. The molecule has 6 rings (SSSR count). The predicted molar refractivity (Wildman–Crippen MR) is 151 cm³/mol. The molecule has 2 aliphatic heterocycles. The Labute approximate surface area is 229 Å². The highest BCUT2D eigenvalue weighted by Crippen LogP contribution is 2.33. The molecule has 2 saturated heterocycles. The summed E-state index contributed by atoms with van der Waals surface area (Å²) in [6, 6.07) is 8.14. The molecule has 206 valence electrons. The molecule has 4 heterocycles. The first-order chi connectivity index (χ1) is 19.1. The molecule has 39 heavy (non-hydrogen) atoms. The van der Waals surface area contributed by atoms with E-state index in [1.54, 1.807) is 12.4 Å². The summed E-state index contributed by atoms with van der Waals surface area (Å²) in [6.45, 7) is 7.19. The van der Waals surface area contributed by atoms with E-state index < -0.39 is 0 Å². The molecule has 0 unspecified atom stereocenters. The maximum atomic E-state index is 12.9. The molecule has 0 radical (unpaired) electrons. The summed E-state index contributed by atoms with van der Waals surface area (Å²) >= 11 is 0. The molecular formula is C29H37N7O3. The molecule has 1 aliphatic carbocycles. The van der Waals surface area contributed by atoms with Crippen molar-refractivity contribution < 1.29 is 14.3 Å². The number of hydrogen-bond donors (Lipinski definition) is 1. The van der Waals surface area contributed by atoms with E-state index in [1.807, 2.05) is 18.3 Å². The van der Waals surface area contributed by atoms with Gasteiger partial charge >= 0.3 is 0 Å². The quantitative estimate of drug-likeness (QED) is 0.515. The van der Waals surface area contributed by atoms with Gasteiger partial charge in [-0.15, -0.1) is 0 Å². The van der Waals surface area contributed by atoms with Gasteiger partial charge in [0.1, 0.15) is 17.0 Å². The van der Waals surface area contributed by atoms with E-state index in [1.165, 1.54) is 0 Å². The van der Waals surface area contributed by atoms with Crippen molar-refractivity contribution in [3.8, 4) is 5.75 Å². The summed E-state index contributed by atoms with van der Waals surface area (Å²) in [4.78, 5) is 33.4. The molecule has 1 aromatic carbocycles. The van der Waals surface area contributed by atoms with Crippen LogP contribution < -0.4 is 19.9 Å². The molecule has 0 atom stereocenters. The number of hydrogen-bond acceptors (Lipinski definition) is 9. The zero-order chi connectivity index (χ0) is 26.6. The molecule has 0 spiro atoms. The van der Waals surface area contributed by atoms with Crippen molar-refractivity contribution in [2.24, 2.45) is 0 Å². The Hall–Kier alpha value is -3.50. The van der Waals surface area contributed by atoms with Crippen molar-refractivity contribution in [3.05, 3.63) is 48.5 Å². The Balaban J connectivity index is 1.04. The van der Waals surface area contributed by atoms with E-state index >= 15 is 0 Å². The van der Waals surface area contributed by atoms with E-state index in [0.717, 1.165) is 106 Å². The molecule has 10 nitrogen and oxygen atoms in total. The van der Waals surface area contributed by atoms with Crippen LogP contribution in [0.2, 0.25) is 0 Å². The van der Waals surface area contributed by atoms with E-state index in [4.69, 9.17) is 9.47 Å². The lowest BCUT2D eigenvalue weighted by molar-refractivity contribution is 0.0890. The molecule has 1 N–H and O–H groups in total. The molecule has 10 heteroatoms. The third-order valence-electron chi connectivity index (χ3n) is 8.05. The molecule has 2 aromatic heterocycles. The van der Waals surface area contributed by atoms with E-state index in [2.05, 4.69) is 54.1 Å². The first-order valence-corrected chi connectivity index (χ1v) is 14.1. The van der Waals surface area contributed by atoms with Gasteiger partial charge < -0.3 is 29.5 Å². The smallest absolute Gasteiger partial charge is 0.270 e.